The summed E-state index contributed by atoms with van der Waals surface area (Å²) in [6.07, 6.45) is 5.06. The zero-order chi connectivity index (χ0) is 18.4. The van der Waals surface area contributed by atoms with Crippen LogP contribution in [-0.2, 0) is 20.9 Å². The molecule has 0 saturated carbocycles. The molecule has 3 rings (SSSR count). The smallest absolute Gasteiger partial charge is 0.244 e. The van der Waals surface area contributed by atoms with Gasteiger partial charge < -0.3 is 20.4 Å². The third-order valence-electron chi connectivity index (χ3n) is 4.85. The van der Waals surface area contributed by atoms with E-state index >= 15 is 0 Å². The highest BCUT2D eigenvalue weighted by atomic mass is 16.2. The van der Waals surface area contributed by atoms with E-state index in [9.17, 15) is 14.4 Å². The van der Waals surface area contributed by atoms with Crippen LogP contribution in [0.5, 0.6) is 0 Å². The van der Waals surface area contributed by atoms with E-state index in [4.69, 9.17) is 0 Å². The van der Waals surface area contributed by atoms with Gasteiger partial charge in [-0.1, -0.05) is 0 Å². The third kappa shape index (κ3) is 4.57. The van der Waals surface area contributed by atoms with Crippen LogP contribution < -0.4 is 10.6 Å². The summed E-state index contributed by atoms with van der Waals surface area (Å²) >= 11 is 0. The maximum absolute atomic E-state index is 12.6. The maximum Gasteiger partial charge on any atom is 0.244 e. The predicted octanol–water partition coefficient (Wildman–Crippen LogP) is -0.489. The van der Waals surface area contributed by atoms with E-state index in [0.29, 0.717) is 39.1 Å². The summed E-state index contributed by atoms with van der Waals surface area (Å²) < 4.78 is 0. The zero-order valence-electron chi connectivity index (χ0n) is 14.8. The van der Waals surface area contributed by atoms with Gasteiger partial charge in [0, 0.05) is 64.5 Å². The van der Waals surface area contributed by atoms with Crippen molar-refractivity contribution in [3.05, 3.63) is 30.1 Å². The normalized spacial score (nSPS) is 20.3. The van der Waals surface area contributed by atoms with Crippen molar-refractivity contribution < 1.29 is 14.4 Å². The summed E-state index contributed by atoms with van der Waals surface area (Å²) in [6.45, 7) is 3.18. The van der Waals surface area contributed by atoms with Crippen LogP contribution in [-0.4, -0.2) is 71.3 Å². The predicted molar refractivity (Wildman–Crippen MR) is 94.9 cm³/mol. The van der Waals surface area contributed by atoms with Crippen molar-refractivity contribution in [2.45, 2.75) is 31.8 Å². The summed E-state index contributed by atoms with van der Waals surface area (Å²) in [5.74, 6) is -0.125. The van der Waals surface area contributed by atoms with Gasteiger partial charge in [0.05, 0.1) is 0 Å². The summed E-state index contributed by atoms with van der Waals surface area (Å²) in [7, 11) is 0. The van der Waals surface area contributed by atoms with Crippen LogP contribution in [0.2, 0.25) is 0 Å². The fraction of sp³-hybridized carbons (Fsp3) is 0.556. The minimum absolute atomic E-state index is 0.0738. The number of hydrogen-bond donors (Lipinski definition) is 2. The lowest BCUT2D eigenvalue weighted by Gasteiger charge is -2.35. The van der Waals surface area contributed by atoms with E-state index in [1.807, 2.05) is 12.1 Å². The quantitative estimate of drug-likeness (QED) is 0.715. The van der Waals surface area contributed by atoms with Crippen LogP contribution in [0.15, 0.2) is 24.5 Å². The lowest BCUT2D eigenvalue weighted by molar-refractivity contribution is -0.142. The van der Waals surface area contributed by atoms with E-state index in [-0.39, 0.29) is 24.1 Å². The third-order valence-corrected chi connectivity index (χ3v) is 4.85. The molecule has 2 saturated heterocycles. The maximum atomic E-state index is 12.6. The molecule has 0 bridgehead atoms. The zero-order valence-corrected chi connectivity index (χ0v) is 14.8. The Morgan fingerprint density at radius 2 is 2.08 bits per heavy atom. The lowest BCUT2D eigenvalue weighted by Crippen LogP contribution is -2.59. The number of likely N-dealkylation sites (tertiary alicyclic amines) is 1. The first-order valence-corrected chi connectivity index (χ1v) is 9.10. The van der Waals surface area contributed by atoms with Gasteiger partial charge in [-0.25, -0.2) is 0 Å². The molecule has 1 atom stereocenters. The molecule has 8 heteroatoms. The summed E-state index contributed by atoms with van der Waals surface area (Å²) in [4.78, 5) is 44.2. The molecule has 2 aliphatic heterocycles. The highest BCUT2D eigenvalue weighted by Crippen LogP contribution is 2.12. The van der Waals surface area contributed by atoms with Gasteiger partial charge in [-0.2, -0.15) is 0 Å². The van der Waals surface area contributed by atoms with Gasteiger partial charge in [-0.15, -0.1) is 0 Å². The molecule has 0 radical (unpaired) electrons. The number of carbonyl (C=O) groups is 3. The van der Waals surface area contributed by atoms with Crippen molar-refractivity contribution in [2.24, 2.45) is 0 Å². The number of nitrogens with one attached hydrogen (secondary N) is 2. The van der Waals surface area contributed by atoms with Crippen molar-refractivity contribution in [1.82, 2.24) is 25.4 Å². The van der Waals surface area contributed by atoms with Gasteiger partial charge in [0.15, 0.2) is 0 Å². The lowest BCUT2D eigenvalue weighted by atomic mass is 10.1. The fourth-order valence-electron chi connectivity index (χ4n) is 3.36. The summed E-state index contributed by atoms with van der Waals surface area (Å²) in [5, 5.41) is 6.07. The van der Waals surface area contributed by atoms with E-state index < -0.39 is 6.04 Å². The molecule has 2 N–H and O–H groups in total. The standard InChI is InChI=1S/C18H25N5O3/c24-16-2-1-9-22(16)10-5-17(25)23-11-8-20-13-15(23)18(26)21-12-14-3-6-19-7-4-14/h3-4,6-7,15,20H,1-2,5,8-13H2,(H,21,26)/t15-/m0/s1. The Labute approximate surface area is 152 Å². The van der Waals surface area contributed by atoms with Gasteiger partial charge >= 0.3 is 0 Å². The van der Waals surface area contributed by atoms with Crippen molar-refractivity contribution >= 4 is 17.7 Å². The molecule has 3 heterocycles. The molecule has 0 spiro atoms. The average Bonchev–Trinajstić information content (AvgIpc) is 3.10. The van der Waals surface area contributed by atoms with Crippen LogP contribution in [0.25, 0.3) is 0 Å². The molecule has 8 nitrogen and oxygen atoms in total. The fourth-order valence-corrected chi connectivity index (χ4v) is 3.36. The Balaban J connectivity index is 1.53. The number of aromatic nitrogens is 1. The first-order valence-electron chi connectivity index (χ1n) is 9.10. The molecule has 0 aromatic carbocycles. The Hall–Kier alpha value is -2.48. The van der Waals surface area contributed by atoms with Crippen molar-refractivity contribution in [2.75, 3.05) is 32.7 Å². The van der Waals surface area contributed by atoms with Gasteiger partial charge in [-0.05, 0) is 24.1 Å². The van der Waals surface area contributed by atoms with Crippen LogP contribution >= 0.6 is 0 Å². The average molecular weight is 359 g/mol. The van der Waals surface area contributed by atoms with E-state index in [2.05, 4.69) is 15.6 Å². The number of nitrogens with zero attached hydrogens (tertiary/aromatic N) is 3. The molecule has 3 amide bonds. The molecular formula is C18H25N5O3. The van der Waals surface area contributed by atoms with Crippen molar-refractivity contribution in [1.29, 1.82) is 0 Å². The van der Waals surface area contributed by atoms with Crippen LogP contribution in [0.1, 0.15) is 24.8 Å². The number of pyridine rings is 1. The molecule has 2 fully saturated rings. The molecule has 26 heavy (non-hydrogen) atoms. The Bertz CT molecular complexity index is 651. The monoisotopic (exact) mass is 359 g/mol. The highest BCUT2D eigenvalue weighted by molar-refractivity contribution is 5.88. The van der Waals surface area contributed by atoms with Crippen LogP contribution in [0.4, 0.5) is 0 Å². The van der Waals surface area contributed by atoms with Gasteiger partial charge in [0.1, 0.15) is 6.04 Å². The second-order valence-corrected chi connectivity index (χ2v) is 6.61. The van der Waals surface area contributed by atoms with Crippen molar-refractivity contribution in [3.63, 3.8) is 0 Å². The summed E-state index contributed by atoms with van der Waals surface area (Å²) in [6, 6.07) is 3.16. The van der Waals surface area contributed by atoms with Gasteiger partial charge in [0.25, 0.3) is 0 Å². The molecule has 0 unspecified atom stereocenters. The number of piperazine rings is 1. The first-order chi connectivity index (χ1) is 12.6. The van der Waals surface area contributed by atoms with Crippen LogP contribution in [0, 0.1) is 0 Å². The van der Waals surface area contributed by atoms with E-state index in [1.165, 1.54) is 0 Å². The van der Waals surface area contributed by atoms with Gasteiger partial charge in [0.2, 0.25) is 17.7 Å². The number of carbonyl (C=O) groups excluding carboxylic acids is 3. The minimum Gasteiger partial charge on any atom is -0.350 e. The molecule has 140 valence electrons. The Kier molecular flexibility index (Phi) is 6.17. The number of rotatable bonds is 6. The second kappa shape index (κ2) is 8.75. The highest BCUT2D eigenvalue weighted by Gasteiger charge is 2.32. The van der Waals surface area contributed by atoms with Crippen LogP contribution in [0.3, 0.4) is 0 Å². The van der Waals surface area contributed by atoms with E-state index in [0.717, 1.165) is 18.5 Å². The van der Waals surface area contributed by atoms with Crippen molar-refractivity contribution in [3.8, 4) is 0 Å². The molecular weight excluding hydrogens is 334 g/mol. The Morgan fingerprint density at radius 1 is 1.27 bits per heavy atom. The summed E-state index contributed by atoms with van der Waals surface area (Å²) in [5.41, 5.74) is 0.961. The topological polar surface area (TPSA) is 94.6 Å². The SMILES string of the molecule is O=C(NCc1ccncc1)[C@@H]1CNCCN1C(=O)CCN1CCCC1=O. The number of hydrogen-bond acceptors (Lipinski definition) is 5. The van der Waals surface area contributed by atoms with Gasteiger partial charge in [-0.3, -0.25) is 19.4 Å². The Morgan fingerprint density at radius 3 is 2.81 bits per heavy atom. The molecule has 0 aliphatic carbocycles. The largest absolute Gasteiger partial charge is 0.350 e. The molecule has 1 aromatic heterocycles. The number of amides is 3. The minimum atomic E-state index is -0.521. The second-order valence-electron chi connectivity index (χ2n) is 6.61. The molecule has 2 aliphatic rings. The first kappa shape index (κ1) is 18.3. The van der Waals surface area contributed by atoms with E-state index in [1.54, 1.807) is 22.2 Å². The molecule has 1 aromatic rings.